The van der Waals surface area contributed by atoms with E-state index in [9.17, 15) is 27.6 Å². The van der Waals surface area contributed by atoms with Crippen LogP contribution in [0.5, 0.6) is 0 Å². The van der Waals surface area contributed by atoms with Crippen molar-refractivity contribution in [3.05, 3.63) is 29.3 Å². The second kappa shape index (κ2) is 8.06. The standard InChI is InChI=1S/C23H24F3N3O5/c1-21-11-28(8-4-3-5-16(30)31)12-22(2,34-21)18-17(21)19(32)29(20(18)33)14-7-6-13(10-27)15(9-14)23(24,25)26/h6-7,9,17-18H,3-5,8,11-12H2,1-2H3,(H,30,31)/t17-,18?,21?,22?/m0/s1. The fourth-order valence-corrected chi connectivity index (χ4v) is 5.79. The number of halogens is 3. The maximum Gasteiger partial charge on any atom is 0.417 e. The molecule has 0 aromatic heterocycles. The van der Waals surface area contributed by atoms with Gasteiger partial charge in [-0.1, -0.05) is 0 Å². The molecule has 11 heteroatoms. The number of hydrogen-bond acceptors (Lipinski definition) is 6. The van der Waals surface area contributed by atoms with Gasteiger partial charge in [0.25, 0.3) is 0 Å². The van der Waals surface area contributed by atoms with Crippen LogP contribution < -0.4 is 4.90 Å². The Morgan fingerprint density at radius 1 is 1.18 bits per heavy atom. The molecular formula is C23H24F3N3O5. The monoisotopic (exact) mass is 479 g/mol. The molecule has 1 aromatic carbocycles. The van der Waals surface area contributed by atoms with E-state index in [2.05, 4.69) is 4.90 Å². The number of unbranched alkanes of at least 4 members (excludes halogenated alkanes) is 1. The van der Waals surface area contributed by atoms with Crippen LogP contribution in [0.25, 0.3) is 0 Å². The molecule has 3 fully saturated rings. The highest BCUT2D eigenvalue weighted by Gasteiger charge is 2.71. The Balaban J connectivity index is 1.61. The van der Waals surface area contributed by atoms with Crippen molar-refractivity contribution in [2.24, 2.45) is 11.8 Å². The largest absolute Gasteiger partial charge is 0.481 e. The van der Waals surface area contributed by atoms with Crippen LogP contribution in [0.4, 0.5) is 18.9 Å². The van der Waals surface area contributed by atoms with Crippen LogP contribution in [0, 0.1) is 23.2 Å². The number of aliphatic carboxylic acids is 1. The normalized spacial score (nSPS) is 31.0. The average molecular weight is 479 g/mol. The number of morpholine rings is 1. The number of hydrogen-bond donors (Lipinski definition) is 1. The van der Waals surface area contributed by atoms with Gasteiger partial charge in [0.05, 0.1) is 45.9 Å². The van der Waals surface area contributed by atoms with Gasteiger partial charge in [-0.05, 0) is 51.4 Å². The molecule has 3 unspecified atom stereocenters. The number of nitrogens with zero attached hydrogens (tertiary/aromatic N) is 3. The summed E-state index contributed by atoms with van der Waals surface area (Å²) in [5.74, 6) is -3.83. The van der Waals surface area contributed by atoms with Crippen molar-refractivity contribution in [3.8, 4) is 6.07 Å². The molecule has 8 nitrogen and oxygen atoms in total. The molecule has 1 N–H and O–H groups in total. The molecule has 1 aromatic rings. The number of carboxylic acids is 1. The number of imide groups is 1. The first-order valence-corrected chi connectivity index (χ1v) is 10.9. The zero-order valence-corrected chi connectivity index (χ0v) is 18.7. The number of alkyl halides is 3. The number of rotatable bonds is 6. The van der Waals surface area contributed by atoms with Gasteiger partial charge >= 0.3 is 12.1 Å². The van der Waals surface area contributed by atoms with Crippen molar-refractivity contribution in [3.63, 3.8) is 0 Å². The number of anilines is 1. The first-order valence-electron chi connectivity index (χ1n) is 10.9. The molecule has 3 aliphatic heterocycles. The molecule has 182 valence electrons. The number of amides is 2. The Labute approximate surface area is 193 Å². The number of carbonyl (C=O) groups is 3. The molecule has 0 radical (unpaired) electrons. The van der Waals surface area contributed by atoms with E-state index in [0.29, 0.717) is 38.5 Å². The number of carboxylic acid groups (broad SMARTS) is 1. The Morgan fingerprint density at radius 3 is 2.26 bits per heavy atom. The molecule has 3 aliphatic rings. The lowest BCUT2D eigenvalue weighted by Gasteiger charge is -2.45. The van der Waals surface area contributed by atoms with Gasteiger partial charge in [0.15, 0.2) is 0 Å². The quantitative estimate of drug-likeness (QED) is 0.493. The minimum atomic E-state index is -4.82. The molecule has 0 aliphatic carbocycles. The number of likely N-dealkylation sites (tertiary alicyclic amines) is 1. The van der Waals surface area contributed by atoms with E-state index in [-0.39, 0.29) is 12.1 Å². The first kappa shape index (κ1) is 24.2. The molecule has 3 saturated heterocycles. The molecule has 2 amide bonds. The highest BCUT2D eigenvalue weighted by molar-refractivity contribution is 6.23. The molecule has 3 heterocycles. The Morgan fingerprint density at radius 2 is 1.76 bits per heavy atom. The third kappa shape index (κ3) is 3.84. The van der Waals surface area contributed by atoms with E-state index >= 15 is 0 Å². The molecular weight excluding hydrogens is 455 g/mol. The van der Waals surface area contributed by atoms with Crippen molar-refractivity contribution in [1.29, 1.82) is 5.26 Å². The zero-order chi connectivity index (χ0) is 25.1. The maximum absolute atomic E-state index is 13.5. The summed E-state index contributed by atoms with van der Waals surface area (Å²) in [5.41, 5.74) is -4.05. The van der Waals surface area contributed by atoms with Crippen LogP contribution in [-0.2, 0) is 25.3 Å². The molecule has 4 atom stereocenters. The van der Waals surface area contributed by atoms with Gasteiger partial charge in [-0.15, -0.1) is 0 Å². The minimum absolute atomic E-state index is 0.0561. The molecule has 34 heavy (non-hydrogen) atoms. The van der Waals surface area contributed by atoms with Crippen LogP contribution in [-0.4, -0.2) is 58.6 Å². The summed E-state index contributed by atoms with van der Waals surface area (Å²) in [6.45, 7) is 4.72. The summed E-state index contributed by atoms with van der Waals surface area (Å²) < 4.78 is 46.6. The number of carbonyl (C=O) groups excluding carboxylic acids is 2. The van der Waals surface area contributed by atoms with E-state index in [1.54, 1.807) is 13.8 Å². The smallest absolute Gasteiger partial charge is 0.417 e. The first-order chi connectivity index (χ1) is 15.8. The SMILES string of the molecule is CC12CN(CCCCC(=O)O)CC(C)(O1)[C@@H]1C(=O)N(c3ccc(C#N)c(C(F)(F)F)c3)C(=O)C12. The van der Waals surface area contributed by atoms with Crippen molar-refractivity contribution >= 4 is 23.5 Å². The zero-order valence-electron chi connectivity index (χ0n) is 18.7. The van der Waals surface area contributed by atoms with E-state index in [4.69, 9.17) is 15.1 Å². The van der Waals surface area contributed by atoms with Crippen LogP contribution in [0.2, 0.25) is 0 Å². The van der Waals surface area contributed by atoms with Gasteiger partial charge in [-0.3, -0.25) is 19.3 Å². The van der Waals surface area contributed by atoms with Gasteiger partial charge in [-0.2, -0.15) is 18.4 Å². The number of nitriles is 1. The maximum atomic E-state index is 13.5. The van der Waals surface area contributed by atoms with Gasteiger partial charge in [0.1, 0.15) is 0 Å². The van der Waals surface area contributed by atoms with Crippen molar-refractivity contribution in [2.75, 3.05) is 24.5 Å². The Hall–Kier alpha value is -2.97. The number of benzene rings is 1. The van der Waals surface area contributed by atoms with Crippen molar-refractivity contribution in [1.82, 2.24) is 4.90 Å². The molecule has 0 saturated carbocycles. The second-order valence-electron chi connectivity index (χ2n) is 9.60. The lowest BCUT2D eigenvalue weighted by molar-refractivity contribution is -0.169. The highest BCUT2D eigenvalue weighted by atomic mass is 19.4. The lowest BCUT2D eigenvalue weighted by atomic mass is 9.79. The Bertz CT molecular complexity index is 1060. The van der Waals surface area contributed by atoms with Crippen LogP contribution >= 0.6 is 0 Å². The van der Waals surface area contributed by atoms with Crippen LogP contribution in [0.1, 0.15) is 44.2 Å². The van der Waals surface area contributed by atoms with Crippen molar-refractivity contribution < 1.29 is 37.4 Å². The van der Waals surface area contributed by atoms with Gasteiger partial charge in [-0.25, -0.2) is 4.90 Å². The predicted molar refractivity (Wildman–Crippen MR) is 111 cm³/mol. The fourth-order valence-electron chi connectivity index (χ4n) is 5.79. The van der Waals surface area contributed by atoms with Gasteiger partial charge in [0, 0.05) is 19.5 Å². The fraction of sp³-hybridized carbons (Fsp3) is 0.565. The minimum Gasteiger partial charge on any atom is -0.481 e. The average Bonchev–Trinajstić information content (AvgIpc) is 3.10. The molecule has 0 spiro atoms. The van der Waals surface area contributed by atoms with Crippen molar-refractivity contribution in [2.45, 2.75) is 50.5 Å². The van der Waals surface area contributed by atoms with E-state index in [1.807, 2.05) is 0 Å². The van der Waals surface area contributed by atoms with E-state index < -0.39 is 58.1 Å². The van der Waals surface area contributed by atoms with E-state index in [0.717, 1.165) is 11.0 Å². The predicted octanol–water partition coefficient (Wildman–Crippen LogP) is 2.80. The van der Waals surface area contributed by atoms with Crippen LogP contribution in [0.15, 0.2) is 18.2 Å². The molecule has 4 rings (SSSR count). The van der Waals surface area contributed by atoms with Gasteiger partial charge in [0.2, 0.25) is 11.8 Å². The van der Waals surface area contributed by atoms with Crippen LogP contribution in [0.3, 0.4) is 0 Å². The molecule has 2 bridgehead atoms. The second-order valence-corrected chi connectivity index (χ2v) is 9.60. The summed E-state index contributed by atoms with van der Waals surface area (Å²) in [6, 6.07) is 4.31. The third-order valence-corrected chi connectivity index (χ3v) is 6.97. The summed E-state index contributed by atoms with van der Waals surface area (Å²) in [6.07, 6.45) is -3.63. The summed E-state index contributed by atoms with van der Waals surface area (Å²) in [7, 11) is 0. The van der Waals surface area contributed by atoms with Gasteiger partial charge < -0.3 is 9.84 Å². The van der Waals surface area contributed by atoms with E-state index in [1.165, 1.54) is 12.1 Å². The summed E-state index contributed by atoms with van der Waals surface area (Å²) >= 11 is 0. The Kier molecular flexibility index (Phi) is 5.73. The summed E-state index contributed by atoms with van der Waals surface area (Å²) in [5, 5.41) is 17.8. The third-order valence-electron chi connectivity index (χ3n) is 6.97. The topological polar surface area (TPSA) is 111 Å². The lowest BCUT2D eigenvalue weighted by Crippen LogP contribution is -2.58. The number of fused-ring (bicyclic) bond motifs is 5. The number of ether oxygens (including phenoxy) is 1. The summed E-state index contributed by atoms with van der Waals surface area (Å²) in [4.78, 5) is 40.5. The highest BCUT2D eigenvalue weighted by Crippen LogP contribution is 2.55.